The zero-order valence-electron chi connectivity index (χ0n) is 14.9. The van der Waals surface area contributed by atoms with E-state index >= 15 is 0 Å². The summed E-state index contributed by atoms with van der Waals surface area (Å²) in [6.45, 7) is 3.49. The van der Waals surface area contributed by atoms with Crippen LogP contribution in [0.5, 0.6) is 5.75 Å². The van der Waals surface area contributed by atoms with Gasteiger partial charge in [0.1, 0.15) is 5.75 Å². The molecule has 0 spiro atoms. The van der Waals surface area contributed by atoms with Crippen LogP contribution in [0.3, 0.4) is 0 Å². The van der Waals surface area contributed by atoms with Crippen molar-refractivity contribution in [2.24, 2.45) is 5.92 Å². The quantitative estimate of drug-likeness (QED) is 0.852. The number of carbonyl (C=O) groups is 2. The van der Waals surface area contributed by atoms with Crippen LogP contribution in [0, 0.1) is 5.92 Å². The average Bonchev–Trinajstić information content (AvgIpc) is 3.07. The molecule has 0 bridgehead atoms. The molecule has 2 saturated heterocycles. The number of nitrogens with one attached hydrogen (secondary N) is 1. The molecule has 6 heteroatoms. The molecule has 136 valence electrons. The van der Waals surface area contributed by atoms with Crippen LogP contribution in [0.1, 0.15) is 25.7 Å². The number of nitrogens with zero attached hydrogens (tertiary/aromatic N) is 2. The summed E-state index contributed by atoms with van der Waals surface area (Å²) < 4.78 is 5.63. The number of hydrogen-bond donors (Lipinski definition) is 1. The Morgan fingerprint density at radius 1 is 1.20 bits per heavy atom. The summed E-state index contributed by atoms with van der Waals surface area (Å²) in [7, 11) is 1.97. The number of ether oxygens (including phenoxy) is 1. The summed E-state index contributed by atoms with van der Waals surface area (Å²) in [6, 6.07) is 7.42. The van der Waals surface area contributed by atoms with Crippen LogP contribution in [0.4, 0.5) is 5.69 Å². The highest BCUT2D eigenvalue weighted by atomic mass is 16.5. The van der Waals surface area contributed by atoms with Crippen LogP contribution in [-0.2, 0) is 9.59 Å². The highest BCUT2D eigenvalue weighted by Crippen LogP contribution is 2.24. The van der Waals surface area contributed by atoms with Crippen LogP contribution >= 0.6 is 0 Å². The minimum Gasteiger partial charge on any atom is -0.484 e. The molecule has 2 aliphatic rings. The normalized spacial score (nSPS) is 18.7. The van der Waals surface area contributed by atoms with E-state index in [2.05, 4.69) is 5.32 Å². The van der Waals surface area contributed by atoms with Crippen molar-refractivity contribution in [3.8, 4) is 5.75 Å². The Bertz CT molecular complexity index is 594. The van der Waals surface area contributed by atoms with Gasteiger partial charge in [0.05, 0.1) is 0 Å². The molecule has 2 fully saturated rings. The molecule has 2 amide bonds. The van der Waals surface area contributed by atoms with Crippen molar-refractivity contribution in [2.75, 3.05) is 44.7 Å². The van der Waals surface area contributed by atoms with Crippen molar-refractivity contribution >= 4 is 17.5 Å². The van der Waals surface area contributed by atoms with Crippen molar-refractivity contribution in [3.63, 3.8) is 0 Å². The Morgan fingerprint density at radius 2 is 1.92 bits per heavy atom. The fourth-order valence-electron chi connectivity index (χ4n) is 3.55. The molecule has 3 rings (SSSR count). The van der Waals surface area contributed by atoms with E-state index in [0.29, 0.717) is 18.1 Å². The topological polar surface area (TPSA) is 61.9 Å². The molecule has 2 heterocycles. The molecule has 25 heavy (non-hydrogen) atoms. The smallest absolute Gasteiger partial charge is 0.260 e. The molecule has 6 nitrogen and oxygen atoms in total. The highest BCUT2D eigenvalue weighted by Gasteiger charge is 2.23. The van der Waals surface area contributed by atoms with Gasteiger partial charge in [-0.3, -0.25) is 9.59 Å². The summed E-state index contributed by atoms with van der Waals surface area (Å²) in [5.74, 6) is 1.54. The lowest BCUT2D eigenvalue weighted by Gasteiger charge is -2.31. The van der Waals surface area contributed by atoms with E-state index in [1.165, 1.54) is 0 Å². The minimum absolute atomic E-state index is 0.0432. The number of likely N-dealkylation sites (tertiary alicyclic amines) is 1. The first-order valence-electron chi connectivity index (χ1n) is 9.13. The first kappa shape index (κ1) is 17.7. The molecule has 1 aromatic carbocycles. The maximum atomic E-state index is 12.3. The van der Waals surface area contributed by atoms with Gasteiger partial charge in [-0.2, -0.15) is 0 Å². The van der Waals surface area contributed by atoms with Gasteiger partial charge in [-0.15, -0.1) is 0 Å². The summed E-state index contributed by atoms with van der Waals surface area (Å²) in [5.41, 5.74) is 0.896. The summed E-state index contributed by atoms with van der Waals surface area (Å²) in [5, 5.41) is 3.20. The first-order valence-corrected chi connectivity index (χ1v) is 9.13. The van der Waals surface area contributed by atoms with Gasteiger partial charge >= 0.3 is 0 Å². The zero-order chi connectivity index (χ0) is 17.6. The number of amides is 2. The lowest BCUT2D eigenvalue weighted by atomic mass is 9.97. The van der Waals surface area contributed by atoms with E-state index < -0.39 is 0 Å². The second kappa shape index (κ2) is 8.34. The zero-order valence-corrected chi connectivity index (χ0v) is 14.9. The number of piperidine rings is 1. The Hall–Kier alpha value is -2.08. The molecule has 0 aliphatic carbocycles. The van der Waals surface area contributed by atoms with Crippen LogP contribution in [0.25, 0.3) is 0 Å². The second-order valence-electron chi connectivity index (χ2n) is 6.81. The maximum absolute atomic E-state index is 12.3. The van der Waals surface area contributed by atoms with Crippen molar-refractivity contribution in [1.82, 2.24) is 10.2 Å². The van der Waals surface area contributed by atoms with Crippen molar-refractivity contribution in [3.05, 3.63) is 24.3 Å². The summed E-state index contributed by atoms with van der Waals surface area (Å²) in [4.78, 5) is 27.7. The number of anilines is 1. The first-order chi connectivity index (χ1) is 12.2. The predicted molar refractivity (Wildman–Crippen MR) is 96.8 cm³/mol. The van der Waals surface area contributed by atoms with Gasteiger partial charge in [0.2, 0.25) is 5.91 Å². The van der Waals surface area contributed by atoms with E-state index in [9.17, 15) is 9.59 Å². The molecule has 0 radical (unpaired) electrons. The summed E-state index contributed by atoms with van der Waals surface area (Å²) in [6.07, 6.45) is 3.63. The van der Waals surface area contributed by atoms with E-state index in [4.69, 9.17) is 4.74 Å². The van der Waals surface area contributed by atoms with Gasteiger partial charge in [-0.1, -0.05) is 0 Å². The fourth-order valence-corrected chi connectivity index (χ4v) is 3.55. The Kier molecular flexibility index (Phi) is 5.91. The second-order valence-corrected chi connectivity index (χ2v) is 6.81. The van der Waals surface area contributed by atoms with Gasteiger partial charge < -0.3 is 19.9 Å². The van der Waals surface area contributed by atoms with Crippen LogP contribution < -0.4 is 15.0 Å². The Labute approximate surface area is 149 Å². The third-order valence-electron chi connectivity index (χ3n) is 5.04. The van der Waals surface area contributed by atoms with Gasteiger partial charge in [0.25, 0.3) is 5.91 Å². The molecule has 0 unspecified atom stereocenters. The lowest BCUT2D eigenvalue weighted by Crippen LogP contribution is -2.42. The molecule has 1 N–H and O–H groups in total. The van der Waals surface area contributed by atoms with E-state index in [1.54, 1.807) is 4.90 Å². The van der Waals surface area contributed by atoms with Crippen LogP contribution in [-0.4, -0.2) is 56.5 Å². The van der Waals surface area contributed by atoms with Gasteiger partial charge in [-0.25, -0.2) is 0 Å². The Balaban J connectivity index is 1.45. The standard InChI is InChI=1S/C19H27N3O3/c1-20-13-15-8-11-21(12-9-15)19(24)14-25-17-6-4-16(5-7-17)22-10-2-3-18(22)23/h4-7,15,20H,2-3,8-14H2,1H3. The third-order valence-corrected chi connectivity index (χ3v) is 5.04. The van der Waals surface area contributed by atoms with Gasteiger partial charge in [0.15, 0.2) is 6.61 Å². The van der Waals surface area contributed by atoms with Gasteiger partial charge in [0, 0.05) is 31.7 Å². The molecule has 0 atom stereocenters. The fraction of sp³-hybridized carbons (Fsp3) is 0.579. The van der Waals surface area contributed by atoms with E-state index in [1.807, 2.05) is 36.2 Å². The largest absolute Gasteiger partial charge is 0.484 e. The van der Waals surface area contributed by atoms with Crippen LogP contribution in [0.2, 0.25) is 0 Å². The molecule has 0 saturated carbocycles. The van der Waals surface area contributed by atoms with Gasteiger partial charge in [-0.05, 0) is 63.0 Å². The molecular formula is C19H27N3O3. The van der Waals surface area contributed by atoms with Crippen molar-refractivity contribution in [1.29, 1.82) is 0 Å². The molecular weight excluding hydrogens is 318 g/mol. The molecule has 2 aliphatic heterocycles. The summed E-state index contributed by atoms with van der Waals surface area (Å²) >= 11 is 0. The lowest BCUT2D eigenvalue weighted by molar-refractivity contribution is -0.134. The third kappa shape index (κ3) is 4.51. The van der Waals surface area contributed by atoms with Crippen molar-refractivity contribution < 1.29 is 14.3 Å². The number of carbonyl (C=O) groups excluding carboxylic acids is 2. The maximum Gasteiger partial charge on any atom is 0.260 e. The molecule has 1 aromatic rings. The van der Waals surface area contributed by atoms with Crippen LogP contribution in [0.15, 0.2) is 24.3 Å². The highest BCUT2D eigenvalue weighted by molar-refractivity contribution is 5.95. The number of hydrogen-bond acceptors (Lipinski definition) is 4. The number of benzene rings is 1. The van der Waals surface area contributed by atoms with E-state index in [-0.39, 0.29) is 18.4 Å². The SMILES string of the molecule is CNCC1CCN(C(=O)COc2ccc(N3CCCC3=O)cc2)CC1. The van der Waals surface area contributed by atoms with Crippen molar-refractivity contribution in [2.45, 2.75) is 25.7 Å². The van der Waals surface area contributed by atoms with E-state index in [0.717, 1.165) is 51.1 Å². The molecule has 0 aromatic heterocycles. The minimum atomic E-state index is 0.0432. The monoisotopic (exact) mass is 345 g/mol. The number of rotatable bonds is 6. The average molecular weight is 345 g/mol. The predicted octanol–water partition coefficient (Wildman–Crippen LogP) is 1.65. The Morgan fingerprint density at radius 3 is 2.52 bits per heavy atom.